The number of hydrogen-bond acceptors (Lipinski definition) is 5. The molecule has 1 aromatic heterocycles. The van der Waals surface area contributed by atoms with E-state index in [1.165, 1.54) is 4.90 Å². The highest BCUT2D eigenvalue weighted by Crippen LogP contribution is 2.28. The summed E-state index contributed by atoms with van der Waals surface area (Å²) in [6, 6.07) is -0.532. The van der Waals surface area contributed by atoms with Gasteiger partial charge >= 0.3 is 6.03 Å². The van der Waals surface area contributed by atoms with Crippen LogP contribution in [0.1, 0.15) is 5.69 Å². The molecule has 2 saturated heterocycles. The van der Waals surface area contributed by atoms with Crippen LogP contribution in [0.25, 0.3) is 0 Å². The molecular formula is C13H21N5O3S. The molecule has 2 aliphatic rings. The Morgan fingerprint density at radius 1 is 1.36 bits per heavy atom. The molecule has 0 saturated carbocycles. The van der Waals surface area contributed by atoms with Gasteiger partial charge in [-0.25, -0.2) is 18.2 Å². The van der Waals surface area contributed by atoms with E-state index in [0.717, 1.165) is 5.69 Å². The average Bonchev–Trinajstić information content (AvgIpc) is 3.04. The fraction of sp³-hybridized carbons (Fsp3) is 0.692. The number of rotatable bonds is 2. The molecule has 2 amide bonds. The Morgan fingerprint density at radius 3 is 2.73 bits per heavy atom. The lowest BCUT2D eigenvalue weighted by atomic mass is 10.0. The van der Waals surface area contributed by atoms with Crippen LogP contribution in [0.3, 0.4) is 0 Å². The molecule has 22 heavy (non-hydrogen) atoms. The van der Waals surface area contributed by atoms with Crippen molar-refractivity contribution in [2.75, 3.05) is 38.7 Å². The number of piperazine rings is 1. The number of nitrogens with zero attached hydrogens (tertiary/aromatic N) is 4. The number of H-pyrrole nitrogens is 1. The summed E-state index contributed by atoms with van der Waals surface area (Å²) in [6.45, 7) is 1.83. The van der Waals surface area contributed by atoms with Crippen LogP contribution in [0.2, 0.25) is 0 Å². The Labute approximate surface area is 130 Å². The van der Waals surface area contributed by atoms with Gasteiger partial charge in [-0.2, -0.15) is 0 Å². The molecule has 3 heterocycles. The molecule has 8 nitrogen and oxygen atoms in total. The Hall–Kier alpha value is -1.61. The van der Waals surface area contributed by atoms with Gasteiger partial charge in [-0.15, -0.1) is 0 Å². The average molecular weight is 327 g/mol. The third kappa shape index (κ3) is 2.82. The second-order valence-electron chi connectivity index (χ2n) is 6.13. The van der Waals surface area contributed by atoms with Gasteiger partial charge in [0.15, 0.2) is 9.84 Å². The summed E-state index contributed by atoms with van der Waals surface area (Å²) in [5.41, 5.74) is 0.954. The second-order valence-corrected chi connectivity index (χ2v) is 8.28. The van der Waals surface area contributed by atoms with Gasteiger partial charge < -0.3 is 14.8 Å². The molecule has 2 atom stereocenters. The summed E-state index contributed by atoms with van der Waals surface area (Å²) in [7, 11) is 0.272. The highest BCUT2D eigenvalue weighted by molar-refractivity contribution is 7.91. The molecular weight excluding hydrogens is 306 g/mol. The molecule has 0 aromatic carbocycles. The topological polar surface area (TPSA) is 89.6 Å². The molecule has 9 heteroatoms. The van der Waals surface area contributed by atoms with Crippen LogP contribution in [0.5, 0.6) is 0 Å². The van der Waals surface area contributed by atoms with Crippen LogP contribution in [0, 0.1) is 0 Å². The minimum Gasteiger partial charge on any atom is -0.347 e. The molecule has 2 fully saturated rings. The minimum atomic E-state index is -3.11. The smallest absolute Gasteiger partial charge is 0.319 e. The highest BCUT2D eigenvalue weighted by atomic mass is 32.2. The number of carbonyl (C=O) groups is 1. The van der Waals surface area contributed by atoms with Gasteiger partial charge in [0, 0.05) is 51.7 Å². The van der Waals surface area contributed by atoms with Gasteiger partial charge in [-0.05, 0) is 0 Å². The van der Waals surface area contributed by atoms with Gasteiger partial charge in [-0.3, -0.25) is 4.90 Å². The number of hydrogen-bond donors (Lipinski definition) is 1. The van der Waals surface area contributed by atoms with Crippen molar-refractivity contribution in [1.82, 2.24) is 24.7 Å². The van der Waals surface area contributed by atoms with E-state index in [-0.39, 0.29) is 29.6 Å². The Kier molecular flexibility index (Phi) is 3.85. The zero-order valence-electron chi connectivity index (χ0n) is 12.8. The lowest BCUT2D eigenvalue weighted by Crippen LogP contribution is -2.61. The van der Waals surface area contributed by atoms with Gasteiger partial charge in [0.05, 0.1) is 23.9 Å². The maximum absolute atomic E-state index is 12.3. The van der Waals surface area contributed by atoms with E-state index < -0.39 is 9.84 Å². The quantitative estimate of drug-likeness (QED) is 0.781. The SMILES string of the molecule is CN(C)C(=O)N1CCN(Cc2cnc[nH]2)[C@@H]2CS(=O)(=O)C[C@@H]21. The van der Waals surface area contributed by atoms with Crippen molar-refractivity contribution < 1.29 is 13.2 Å². The number of urea groups is 1. The molecule has 0 bridgehead atoms. The first-order valence-corrected chi connectivity index (χ1v) is 9.09. The third-order valence-corrected chi connectivity index (χ3v) is 6.05. The monoisotopic (exact) mass is 327 g/mol. The van der Waals surface area contributed by atoms with Crippen molar-refractivity contribution in [2.24, 2.45) is 0 Å². The van der Waals surface area contributed by atoms with Crippen LogP contribution >= 0.6 is 0 Å². The molecule has 3 rings (SSSR count). The fourth-order valence-electron chi connectivity index (χ4n) is 3.31. The molecule has 0 aliphatic carbocycles. The summed E-state index contributed by atoms with van der Waals surface area (Å²) in [6.07, 6.45) is 3.36. The Morgan fingerprint density at radius 2 is 2.09 bits per heavy atom. The lowest BCUT2D eigenvalue weighted by Gasteiger charge is -2.44. The van der Waals surface area contributed by atoms with Crippen LogP contribution in [-0.4, -0.2) is 89.9 Å². The van der Waals surface area contributed by atoms with Crippen molar-refractivity contribution >= 4 is 15.9 Å². The van der Waals surface area contributed by atoms with Crippen molar-refractivity contribution in [2.45, 2.75) is 18.6 Å². The maximum atomic E-state index is 12.3. The number of nitrogens with one attached hydrogen (secondary N) is 1. The summed E-state index contributed by atoms with van der Waals surface area (Å²) in [4.78, 5) is 24.7. The molecule has 0 spiro atoms. The maximum Gasteiger partial charge on any atom is 0.319 e. The van der Waals surface area contributed by atoms with Crippen molar-refractivity contribution in [3.05, 3.63) is 18.2 Å². The van der Waals surface area contributed by atoms with Gasteiger partial charge in [0.1, 0.15) is 0 Å². The normalized spacial score (nSPS) is 27.6. The van der Waals surface area contributed by atoms with Gasteiger partial charge in [0.25, 0.3) is 0 Å². The molecule has 0 radical (unpaired) electrons. The van der Waals surface area contributed by atoms with E-state index in [4.69, 9.17) is 0 Å². The van der Waals surface area contributed by atoms with E-state index in [1.807, 2.05) is 0 Å². The summed E-state index contributed by atoms with van der Waals surface area (Å²) in [5, 5.41) is 0. The number of imidazole rings is 1. The highest BCUT2D eigenvalue weighted by Gasteiger charge is 2.48. The number of amides is 2. The van der Waals surface area contributed by atoms with Gasteiger partial charge in [0.2, 0.25) is 0 Å². The van der Waals surface area contributed by atoms with Crippen LogP contribution in [0.15, 0.2) is 12.5 Å². The first kappa shape index (κ1) is 15.3. The number of aromatic amines is 1. The van der Waals surface area contributed by atoms with Crippen LogP contribution in [-0.2, 0) is 16.4 Å². The van der Waals surface area contributed by atoms with E-state index >= 15 is 0 Å². The van der Waals surface area contributed by atoms with E-state index in [0.29, 0.717) is 19.6 Å². The van der Waals surface area contributed by atoms with E-state index in [2.05, 4.69) is 14.9 Å². The molecule has 1 aromatic rings. The number of aromatic nitrogens is 2. The fourth-order valence-corrected chi connectivity index (χ4v) is 5.32. The Bertz CT molecular complexity index is 643. The zero-order chi connectivity index (χ0) is 15.9. The third-order valence-electron chi connectivity index (χ3n) is 4.35. The zero-order valence-corrected chi connectivity index (χ0v) is 13.6. The standard InChI is InChI=1S/C13H21N5O3S/c1-16(2)13(19)18-4-3-17(6-10-5-14-9-15-10)11-7-22(20,21)8-12(11)18/h5,9,11-12H,3-4,6-8H2,1-2H3,(H,14,15)/t11-,12+/m1/s1. The lowest BCUT2D eigenvalue weighted by molar-refractivity contribution is 0.0514. The Balaban J connectivity index is 1.82. The van der Waals surface area contributed by atoms with E-state index in [1.54, 1.807) is 31.5 Å². The van der Waals surface area contributed by atoms with Gasteiger partial charge in [-0.1, -0.05) is 0 Å². The summed E-state index contributed by atoms with van der Waals surface area (Å²) >= 11 is 0. The molecule has 122 valence electrons. The summed E-state index contributed by atoms with van der Waals surface area (Å²) in [5.74, 6) is 0.166. The van der Waals surface area contributed by atoms with Crippen LogP contribution in [0.4, 0.5) is 4.79 Å². The van der Waals surface area contributed by atoms with Crippen LogP contribution < -0.4 is 0 Å². The second kappa shape index (κ2) is 5.54. The number of carbonyl (C=O) groups excluding carboxylic acids is 1. The molecule has 1 N–H and O–H groups in total. The van der Waals surface area contributed by atoms with E-state index in [9.17, 15) is 13.2 Å². The number of sulfone groups is 1. The van der Waals surface area contributed by atoms with Crippen molar-refractivity contribution in [1.29, 1.82) is 0 Å². The minimum absolute atomic E-state index is 0.0523. The predicted octanol–water partition coefficient (Wildman–Crippen LogP) is -0.625. The van der Waals surface area contributed by atoms with Crippen molar-refractivity contribution in [3.63, 3.8) is 0 Å². The summed E-state index contributed by atoms with van der Waals surface area (Å²) < 4.78 is 24.2. The largest absolute Gasteiger partial charge is 0.347 e. The number of fused-ring (bicyclic) bond motifs is 1. The molecule has 0 unspecified atom stereocenters. The van der Waals surface area contributed by atoms with Crippen molar-refractivity contribution in [3.8, 4) is 0 Å². The first-order chi connectivity index (χ1) is 10.4. The first-order valence-electron chi connectivity index (χ1n) is 7.27. The predicted molar refractivity (Wildman–Crippen MR) is 81.0 cm³/mol. The molecule has 2 aliphatic heterocycles.